The molecule has 0 aliphatic rings. The molecule has 0 radical (unpaired) electrons. The van der Waals surface area contributed by atoms with Gasteiger partial charge in [0.1, 0.15) is 6.04 Å². The summed E-state index contributed by atoms with van der Waals surface area (Å²) >= 11 is 1.47. The summed E-state index contributed by atoms with van der Waals surface area (Å²) in [4.78, 5) is 11.0. The molecule has 0 rings (SSSR count). The number of ether oxygens (including phenoxy) is 1. The van der Waals surface area contributed by atoms with Crippen LogP contribution in [0.25, 0.3) is 0 Å². The Morgan fingerprint density at radius 3 is 3.00 bits per heavy atom. The van der Waals surface area contributed by atoms with Crippen molar-refractivity contribution in [2.45, 2.75) is 19.4 Å². The van der Waals surface area contributed by atoms with Crippen LogP contribution in [0.2, 0.25) is 0 Å². The van der Waals surface area contributed by atoms with E-state index in [9.17, 15) is 4.79 Å². The molecule has 2 N–H and O–H groups in total. The summed E-state index contributed by atoms with van der Waals surface area (Å²) in [5.74, 6) is 0.795. The fourth-order valence-corrected chi connectivity index (χ4v) is 1.35. The molecule has 0 aromatic carbocycles. The average molecular weight is 202 g/mol. The molecule has 4 nitrogen and oxygen atoms in total. The van der Waals surface area contributed by atoms with Crippen molar-refractivity contribution in [2.75, 3.05) is 18.1 Å². The van der Waals surface area contributed by atoms with Crippen LogP contribution in [0.15, 0.2) is 0 Å². The third kappa shape index (κ3) is 6.43. The lowest BCUT2D eigenvalue weighted by Crippen LogP contribution is -2.32. The summed E-state index contributed by atoms with van der Waals surface area (Å²) < 4.78 is 4.72. The van der Waals surface area contributed by atoms with Crippen LogP contribution in [-0.4, -0.2) is 30.1 Å². The molecule has 0 saturated carbocycles. The minimum atomic E-state index is -0.550. The Balaban J connectivity index is 3.45. The van der Waals surface area contributed by atoms with E-state index in [0.29, 0.717) is 24.5 Å². The van der Waals surface area contributed by atoms with Gasteiger partial charge >= 0.3 is 5.97 Å². The van der Waals surface area contributed by atoms with E-state index in [1.807, 2.05) is 6.07 Å². The van der Waals surface area contributed by atoms with Gasteiger partial charge in [-0.1, -0.05) is 0 Å². The van der Waals surface area contributed by atoms with E-state index in [-0.39, 0.29) is 5.97 Å². The number of carbonyl (C=O) groups is 1. The first kappa shape index (κ1) is 12.3. The van der Waals surface area contributed by atoms with Crippen LogP contribution < -0.4 is 5.73 Å². The number of hydrogen-bond acceptors (Lipinski definition) is 5. The molecule has 0 aromatic heterocycles. The van der Waals surface area contributed by atoms with E-state index in [2.05, 4.69) is 0 Å². The van der Waals surface area contributed by atoms with Crippen LogP contribution in [0.1, 0.15) is 13.3 Å². The molecule has 0 heterocycles. The number of rotatable bonds is 6. The van der Waals surface area contributed by atoms with Crippen LogP contribution in [0, 0.1) is 11.3 Å². The Morgan fingerprint density at radius 2 is 2.46 bits per heavy atom. The van der Waals surface area contributed by atoms with Crippen LogP contribution in [0.3, 0.4) is 0 Å². The second kappa shape index (κ2) is 7.90. The first-order valence-electron chi connectivity index (χ1n) is 4.09. The Labute approximate surface area is 82.4 Å². The van der Waals surface area contributed by atoms with Gasteiger partial charge in [0.05, 0.1) is 18.4 Å². The summed E-state index contributed by atoms with van der Waals surface area (Å²) in [6.45, 7) is 2.10. The van der Waals surface area contributed by atoms with Crippen molar-refractivity contribution in [1.29, 1.82) is 5.26 Å². The number of nitrogens with zero attached hydrogens (tertiary/aromatic N) is 1. The van der Waals surface area contributed by atoms with Crippen molar-refractivity contribution in [3.63, 3.8) is 0 Å². The second-order valence-corrected chi connectivity index (χ2v) is 3.46. The van der Waals surface area contributed by atoms with Gasteiger partial charge in [-0.05, 0) is 19.1 Å². The Bertz CT molecular complexity index is 191. The lowest BCUT2D eigenvalue weighted by atomic mass is 10.2. The van der Waals surface area contributed by atoms with Crippen LogP contribution in [-0.2, 0) is 9.53 Å². The van der Waals surface area contributed by atoms with E-state index in [1.54, 1.807) is 6.92 Å². The van der Waals surface area contributed by atoms with Gasteiger partial charge < -0.3 is 10.5 Å². The van der Waals surface area contributed by atoms with E-state index in [0.717, 1.165) is 0 Å². The first-order valence-corrected chi connectivity index (χ1v) is 5.24. The maximum absolute atomic E-state index is 11.0. The highest BCUT2D eigenvalue weighted by Crippen LogP contribution is 2.03. The van der Waals surface area contributed by atoms with Crippen LogP contribution in [0.5, 0.6) is 0 Å². The minimum Gasteiger partial charge on any atom is -0.465 e. The number of carbonyl (C=O) groups excluding carboxylic acids is 1. The van der Waals surface area contributed by atoms with E-state index < -0.39 is 6.04 Å². The zero-order valence-electron chi connectivity index (χ0n) is 7.66. The number of nitrogens with two attached hydrogens (primary N) is 1. The van der Waals surface area contributed by atoms with Gasteiger partial charge in [0, 0.05) is 0 Å². The van der Waals surface area contributed by atoms with Crippen molar-refractivity contribution >= 4 is 17.7 Å². The molecule has 0 amide bonds. The van der Waals surface area contributed by atoms with Crippen molar-refractivity contribution in [1.82, 2.24) is 0 Å². The molecule has 13 heavy (non-hydrogen) atoms. The Kier molecular flexibility index (Phi) is 7.45. The van der Waals surface area contributed by atoms with Crippen molar-refractivity contribution in [3.8, 4) is 6.07 Å². The topological polar surface area (TPSA) is 76.1 Å². The fraction of sp³-hybridized carbons (Fsp3) is 0.750. The summed E-state index contributed by atoms with van der Waals surface area (Å²) in [6, 6.07) is 1.45. The molecule has 74 valence electrons. The third-order valence-corrected chi connectivity index (χ3v) is 2.19. The molecule has 0 saturated heterocycles. The van der Waals surface area contributed by atoms with Crippen molar-refractivity contribution < 1.29 is 9.53 Å². The number of nitriles is 1. The molecule has 1 unspecified atom stereocenters. The van der Waals surface area contributed by atoms with Gasteiger partial charge in [-0.2, -0.15) is 5.26 Å². The predicted molar refractivity (Wildman–Crippen MR) is 52.2 cm³/mol. The van der Waals surface area contributed by atoms with Gasteiger partial charge in [-0.3, -0.25) is 4.79 Å². The summed E-state index contributed by atoms with van der Waals surface area (Å²) in [5, 5.41) is 8.23. The zero-order chi connectivity index (χ0) is 10.1. The SMILES string of the molecule is CCOC(=O)C(N)CCSCC#N. The lowest BCUT2D eigenvalue weighted by Gasteiger charge is -2.08. The Morgan fingerprint density at radius 1 is 1.77 bits per heavy atom. The van der Waals surface area contributed by atoms with Gasteiger partial charge in [0.2, 0.25) is 0 Å². The molecule has 0 aliphatic carbocycles. The zero-order valence-corrected chi connectivity index (χ0v) is 8.47. The number of hydrogen-bond donors (Lipinski definition) is 1. The standard InChI is InChI=1S/C8H14N2O2S/c1-2-12-8(11)7(10)3-5-13-6-4-9/h7H,2-3,5-6,10H2,1H3. The van der Waals surface area contributed by atoms with Crippen molar-refractivity contribution in [2.24, 2.45) is 5.73 Å². The molecule has 1 atom stereocenters. The smallest absolute Gasteiger partial charge is 0.322 e. The largest absolute Gasteiger partial charge is 0.465 e. The van der Waals surface area contributed by atoms with Gasteiger partial charge in [0.15, 0.2) is 0 Å². The highest BCUT2D eigenvalue weighted by atomic mass is 32.2. The fourth-order valence-electron chi connectivity index (χ4n) is 0.695. The van der Waals surface area contributed by atoms with Crippen LogP contribution in [0.4, 0.5) is 0 Å². The molecule has 0 bridgehead atoms. The van der Waals surface area contributed by atoms with Crippen LogP contribution >= 0.6 is 11.8 Å². The second-order valence-electron chi connectivity index (χ2n) is 2.36. The maximum Gasteiger partial charge on any atom is 0.322 e. The number of esters is 1. The molecule has 0 aliphatic heterocycles. The molecular formula is C8H14N2O2S. The summed E-state index contributed by atoms with van der Waals surface area (Å²) in [5.41, 5.74) is 5.51. The monoisotopic (exact) mass is 202 g/mol. The first-order chi connectivity index (χ1) is 6.22. The predicted octanol–water partition coefficient (Wildman–Crippen LogP) is 0.524. The highest BCUT2D eigenvalue weighted by molar-refractivity contribution is 7.99. The molecule has 0 aromatic rings. The normalized spacial score (nSPS) is 11.8. The van der Waals surface area contributed by atoms with Crippen molar-refractivity contribution in [3.05, 3.63) is 0 Å². The van der Waals surface area contributed by atoms with Gasteiger partial charge in [0.25, 0.3) is 0 Å². The molecule has 0 spiro atoms. The van der Waals surface area contributed by atoms with E-state index in [1.165, 1.54) is 11.8 Å². The molecular weight excluding hydrogens is 188 g/mol. The quantitative estimate of drug-likeness (QED) is 0.502. The highest BCUT2D eigenvalue weighted by Gasteiger charge is 2.13. The molecule has 5 heteroatoms. The average Bonchev–Trinajstić information content (AvgIpc) is 2.12. The molecule has 0 fully saturated rings. The van der Waals surface area contributed by atoms with Gasteiger partial charge in [-0.25, -0.2) is 0 Å². The lowest BCUT2D eigenvalue weighted by molar-refractivity contribution is -0.144. The third-order valence-electron chi connectivity index (χ3n) is 1.33. The number of thioether (sulfide) groups is 1. The van der Waals surface area contributed by atoms with Gasteiger partial charge in [-0.15, -0.1) is 11.8 Å². The van der Waals surface area contributed by atoms with E-state index in [4.69, 9.17) is 15.7 Å². The maximum atomic E-state index is 11.0. The van der Waals surface area contributed by atoms with E-state index >= 15 is 0 Å². The minimum absolute atomic E-state index is 0.359. The Hall–Kier alpha value is -0.730. The summed E-state index contributed by atoms with van der Waals surface area (Å²) in [7, 11) is 0. The summed E-state index contributed by atoms with van der Waals surface area (Å²) in [6.07, 6.45) is 0.561.